The van der Waals surface area contributed by atoms with Crippen molar-refractivity contribution in [1.29, 1.82) is 5.41 Å². The molecule has 17 heavy (non-hydrogen) atoms. The van der Waals surface area contributed by atoms with Crippen molar-refractivity contribution in [3.05, 3.63) is 28.2 Å². The Hall–Kier alpha value is -0.520. The van der Waals surface area contributed by atoms with Crippen LogP contribution in [0.4, 0.5) is 0 Å². The van der Waals surface area contributed by atoms with Crippen LogP contribution in [-0.4, -0.2) is 24.3 Å². The Bertz CT molecular complexity index is 419. The molecule has 0 amide bonds. The molecule has 3 nitrogen and oxygen atoms in total. The van der Waals surface area contributed by atoms with Crippen molar-refractivity contribution in [2.75, 3.05) is 13.2 Å². The van der Waals surface area contributed by atoms with E-state index in [9.17, 15) is 0 Å². The summed E-state index contributed by atoms with van der Waals surface area (Å²) in [5, 5.41) is 8.02. The summed E-state index contributed by atoms with van der Waals surface area (Å²) in [5.41, 5.74) is 6.21. The SMILES string of the molecule is N=C(N)c1ccc(SC2CCOCC2)c(Br)c1. The average Bonchev–Trinajstić information content (AvgIpc) is 2.33. The molecule has 1 saturated heterocycles. The van der Waals surface area contributed by atoms with Gasteiger partial charge in [0.2, 0.25) is 0 Å². The van der Waals surface area contributed by atoms with Crippen LogP contribution in [0.25, 0.3) is 0 Å². The van der Waals surface area contributed by atoms with Crippen LogP contribution in [0.1, 0.15) is 18.4 Å². The number of halogens is 1. The summed E-state index contributed by atoms with van der Waals surface area (Å²) < 4.78 is 6.36. The van der Waals surface area contributed by atoms with Crippen LogP contribution < -0.4 is 5.73 Å². The fourth-order valence-corrected chi connectivity index (χ4v) is 3.50. The third-order valence-electron chi connectivity index (χ3n) is 2.70. The number of amidine groups is 1. The Morgan fingerprint density at radius 3 is 2.71 bits per heavy atom. The Balaban J connectivity index is 2.08. The zero-order chi connectivity index (χ0) is 12.3. The topological polar surface area (TPSA) is 59.1 Å². The highest BCUT2D eigenvalue weighted by Crippen LogP contribution is 2.34. The van der Waals surface area contributed by atoms with Gasteiger partial charge in [0.25, 0.3) is 0 Å². The number of rotatable bonds is 3. The highest BCUT2D eigenvalue weighted by molar-refractivity contribution is 9.10. The monoisotopic (exact) mass is 314 g/mol. The van der Waals surface area contributed by atoms with Gasteiger partial charge in [-0.3, -0.25) is 5.41 Å². The highest BCUT2D eigenvalue weighted by atomic mass is 79.9. The van der Waals surface area contributed by atoms with Crippen molar-refractivity contribution in [2.45, 2.75) is 23.0 Å². The molecule has 1 aromatic rings. The normalized spacial score (nSPS) is 17.0. The second-order valence-electron chi connectivity index (χ2n) is 3.99. The van der Waals surface area contributed by atoms with E-state index in [2.05, 4.69) is 15.9 Å². The summed E-state index contributed by atoms with van der Waals surface area (Å²) in [6, 6.07) is 5.83. The van der Waals surface area contributed by atoms with E-state index in [0.717, 1.165) is 36.1 Å². The van der Waals surface area contributed by atoms with Gasteiger partial charge in [0.1, 0.15) is 5.84 Å². The van der Waals surface area contributed by atoms with Crippen LogP contribution in [0.5, 0.6) is 0 Å². The Labute approximate surface area is 114 Å². The number of nitrogen functional groups attached to an aromatic ring is 1. The van der Waals surface area contributed by atoms with Gasteiger partial charge < -0.3 is 10.5 Å². The number of benzene rings is 1. The van der Waals surface area contributed by atoms with Crippen molar-refractivity contribution >= 4 is 33.5 Å². The van der Waals surface area contributed by atoms with Gasteiger partial charge in [-0.15, -0.1) is 11.8 Å². The Morgan fingerprint density at radius 1 is 1.41 bits per heavy atom. The summed E-state index contributed by atoms with van der Waals surface area (Å²) >= 11 is 5.41. The molecule has 0 atom stereocenters. The van der Waals surface area contributed by atoms with Crippen molar-refractivity contribution in [2.24, 2.45) is 5.73 Å². The maximum Gasteiger partial charge on any atom is 0.122 e. The molecule has 1 aromatic carbocycles. The minimum Gasteiger partial charge on any atom is -0.384 e. The fraction of sp³-hybridized carbons (Fsp3) is 0.417. The molecule has 1 fully saturated rings. The third kappa shape index (κ3) is 3.47. The summed E-state index contributed by atoms with van der Waals surface area (Å²) in [7, 11) is 0. The first-order valence-corrected chi connectivity index (χ1v) is 7.22. The highest BCUT2D eigenvalue weighted by Gasteiger charge is 2.16. The number of nitrogens with one attached hydrogen (secondary N) is 1. The first-order chi connectivity index (χ1) is 8.16. The first kappa shape index (κ1) is 12.9. The molecule has 5 heteroatoms. The van der Waals surface area contributed by atoms with Gasteiger partial charge in [0.15, 0.2) is 0 Å². The molecule has 1 heterocycles. The van der Waals surface area contributed by atoms with Gasteiger partial charge in [-0.2, -0.15) is 0 Å². The van der Waals surface area contributed by atoms with Crippen molar-refractivity contribution in [3.63, 3.8) is 0 Å². The van der Waals surface area contributed by atoms with Gasteiger partial charge in [0, 0.05) is 33.4 Å². The van der Waals surface area contributed by atoms with E-state index >= 15 is 0 Å². The van der Waals surface area contributed by atoms with Gasteiger partial charge in [-0.1, -0.05) is 6.07 Å². The molecule has 1 aliphatic rings. The summed E-state index contributed by atoms with van der Waals surface area (Å²) in [6.07, 6.45) is 2.21. The lowest BCUT2D eigenvalue weighted by Crippen LogP contribution is -2.17. The second kappa shape index (κ2) is 5.89. The molecule has 3 N–H and O–H groups in total. The average molecular weight is 315 g/mol. The lowest BCUT2D eigenvalue weighted by molar-refractivity contribution is 0.100. The second-order valence-corrected chi connectivity index (χ2v) is 6.18. The zero-order valence-electron chi connectivity index (χ0n) is 9.41. The number of ether oxygens (including phenoxy) is 1. The van der Waals surface area contributed by atoms with E-state index in [1.54, 1.807) is 0 Å². The fourth-order valence-electron chi connectivity index (χ4n) is 1.74. The molecular formula is C12H15BrN2OS. The van der Waals surface area contributed by atoms with Crippen LogP contribution in [0.15, 0.2) is 27.6 Å². The Kier molecular flexibility index (Phi) is 4.48. The minimum atomic E-state index is 0.105. The molecule has 0 aromatic heterocycles. The molecule has 2 rings (SSSR count). The van der Waals surface area contributed by atoms with Gasteiger partial charge in [-0.25, -0.2) is 0 Å². The van der Waals surface area contributed by atoms with Gasteiger partial charge in [0.05, 0.1) is 0 Å². The van der Waals surface area contributed by atoms with E-state index in [0.29, 0.717) is 5.25 Å². The third-order valence-corrected chi connectivity index (χ3v) is 5.04. The van der Waals surface area contributed by atoms with Crippen LogP contribution >= 0.6 is 27.7 Å². The van der Waals surface area contributed by atoms with Crippen molar-refractivity contribution < 1.29 is 4.74 Å². The van der Waals surface area contributed by atoms with E-state index in [1.807, 2.05) is 30.0 Å². The minimum absolute atomic E-state index is 0.105. The van der Waals surface area contributed by atoms with Crippen molar-refractivity contribution in [3.8, 4) is 0 Å². The Morgan fingerprint density at radius 2 is 2.12 bits per heavy atom. The largest absolute Gasteiger partial charge is 0.384 e. The van der Waals surface area contributed by atoms with Gasteiger partial charge in [-0.05, 0) is 40.9 Å². The lowest BCUT2D eigenvalue weighted by Gasteiger charge is -2.22. The quantitative estimate of drug-likeness (QED) is 0.666. The van der Waals surface area contributed by atoms with Crippen LogP contribution in [-0.2, 0) is 4.74 Å². The van der Waals surface area contributed by atoms with Crippen LogP contribution in [0, 0.1) is 5.41 Å². The molecule has 92 valence electrons. The molecule has 0 spiro atoms. The predicted octanol–water partition coefficient (Wildman–Crippen LogP) is 3.00. The molecule has 0 saturated carbocycles. The molecule has 0 bridgehead atoms. The van der Waals surface area contributed by atoms with Crippen LogP contribution in [0.2, 0.25) is 0 Å². The number of thioether (sulfide) groups is 1. The predicted molar refractivity (Wildman–Crippen MR) is 74.9 cm³/mol. The smallest absolute Gasteiger partial charge is 0.122 e. The maximum absolute atomic E-state index is 7.39. The molecule has 1 aliphatic heterocycles. The van der Waals surface area contributed by atoms with E-state index in [4.69, 9.17) is 15.9 Å². The lowest BCUT2D eigenvalue weighted by atomic mass is 10.2. The molecule has 0 radical (unpaired) electrons. The van der Waals surface area contributed by atoms with Gasteiger partial charge >= 0.3 is 0 Å². The van der Waals surface area contributed by atoms with E-state index < -0.39 is 0 Å². The summed E-state index contributed by atoms with van der Waals surface area (Å²) in [5.74, 6) is 0.105. The standard InChI is InChI=1S/C12H15BrN2OS/c13-10-7-8(12(14)15)1-2-11(10)17-9-3-5-16-6-4-9/h1-2,7,9H,3-6H2,(H3,14,15). The molecular weight excluding hydrogens is 300 g/mol. The summed E-state index contributed by atoms with van der Waals surface area (Å²) in [4.78, 5) is 1.21. The molecule has 0 unspecified atom stereocenters. The van der Waals surface area contributed by atoms with Crippen molar-refractivity contribution in [1.82, 2.24) is 0 Å². The van der Waals surface area contributed by atoms with E-state index in [-0.39, 0.29) is 5.84 Å². The number of hydrogen-bond donors (Lipinski definition) is 2. The molecule has 0 aliphatic carbocycles. The van der Waals surface area contributed by atoms with E-state index in [1.165, 1.54) is 4.90 Å². The number of hydrogen-bond acceptors (Lipinski definition) is 3. The zero-order valence-corrected chi connectivity index (χ0v) is 11.8. The number of nitrogens with two attached hydrogens (primary N) is 1. The maximum atomic E-state index is 7.39. The van der Waals surface area contributed by atoms with Crippen LogP contribution in [0.3, 0.4) is 0 Å². The first-order valence-electron chi connectivity index (χ1n) is 5.55. The summed E-state index contributed by atoms with van der Waals surface area (Å²) in [6.45, 7) is 1.72.